The Balaban J connectivity index is 2.41. The Bertz CT molecular complexity index is 1800. The molecule has 0 spiro atoms. The average molecular weight is 398 g/mol. The van der Waals surface area contributed by atoms with E-state index in [1.807, 2.05) is 12.1 Å². The zero-order valence-electron chi connectivity index (χ0n) is 15.0. The van der Waals surface area contributed by atoms with Gasteiger partial charge in [-0.05, 0) is 5.73 Å². The molecule has 12 heteroatoms. The molecule has 2 atom stereocenters. The van der Waals surface area contributed by atoms with Crippen LogP contribution in [0.2, 0.25) is 0 Å². The van der Waals surface area contributed by atoms with Crippen LogP contribution in [0.15, 0.2) is 37.1 Å². The second-order valence-electron chi connectivity index (χ2n) is 5.91. The van der Waals surface area contributed by atoms with Gasteiger partial charge in [0.15, 0.2) is 34.9 Å². The van der Waals surface area contributed by atoms with Gasteiger partial charge in [0.25, 0.3) is 0 Å². The molecule has 138 valence electrons. The van der Waals surface area contributed by atoms with Gasteiger partial charge in [-0.25, -0.2) is 20.0 Å². The number of nitrogens with zero attached hydrogens (tertiary/aromatic N) is 12. The smallest absolute Gasteiger partial charge is 0.186 e. The predicted octanol–water partition coefficient (Wildman–Crippen LogP) is -1.92. The summed E-state index contributed by atoms with van der Waals surface area (Å²) in [5.41, 5.74) is 1.24. The highest BCUT2D eigenvalue weighted by molar-refractivity contribution is 5.75. The van der Waals surface area contributed by atoms with E-state index in [4.69, 9.17) is 0 Å². The largest absolute Gasteiger partial charge is 0.259 e. The third-order valence-corrected chi connectivity index (χ3v) is 4.22. The fourth-order valence-corrected chi connectivity index (χ4v) is 2.94. The second-order valence-corrected chi connectivity index (χ2v) is 5.91. The Kier molecular flexibility index (Phi) is 4.19. The number of hydrogen-bond acceptors (Lipinski definition) is 12. The molecule has 2 aliphatic heterocycles. The summed E-state index contributed by atoms with van der Waals surface area (Å²) < 4.78 is 0. The molecule has 2 unspecified atom stereocenters. The SMILES string of the molecule is N#CC1=C=C(C#N)N=c2c(c3c(c4nc(C#N)c(C#N)nc24)=NC(C#N)C(C#N)N=3)=N1. The summed E-state index contributed by atoms with van der Waals surface area (Å²) in [6, 6.07) is 8.48. The zero-order valence-corrected chi connectivity index (χ0v) is 15.0. The Labute approximate surface area is 171 Å². The number of hydrogen-bond donors (Lipinski definition) is 0. The molecule has 0 saturated carbocycles. The van der Waals surface area contributed by atoms with Crippen LogP contribution in [0.25, 0.3) is 11.0 Å². The van der Waals surface area contributed by atoms with Gasteiger partial charge in [0.05, 0.1) is 12.1 Å². The number of allylic oxidation sites excluding steroid dienone is 1. The molecular weight excluding hydrogens is 396 g/mol. The lowest BCUT2D eigenvalue weighted by Gasteiger charge is -2.12. The molecule has 0 saturated heterocycles. The first-order chi connectivity index (χ1) is 15.1. The van der Waals surface area contributed by atoms with E-state index in [1.54, 1.807) is 24.3 Å². The average Bonchev–Trinajstić information content (AvgIpc) is 3.01. The van der Waals surface area contributed by atoms with Gasteiger partial charge in [-0.2, -0.15) is 31.6 Å². The molecule has 12 nitrogen and oxygen atoms in total. The lowest BCUT2D eigenvalue weighted by atomic mass is 10.1. The Morgan fingerprint density at radius 2 is 1.06 bits per heavy atom. The fourth-order valence-electron chi connectivity index (χ4n) is 2.94. The van der Waals surface area contributed by atoms with Gasteiger partial charge in [-0.15, -0.1) is 0 Å². The molecule has 1 aromatic heterocycles. The van der Waals surface area contributed by atoms with Crippen molar-refractivity contribution in [2.75, 3.05) is 0 Å². The molecule has 0 bridgehead atoms. The molecule has 0 amide bonds. The molecule has 0 aliphatic carbocycles. The Hall–Kier alpha value is -5.78. The highest BCUT2D eigenvalue weighted by Gasteiger charge is 2.26. The van der Waals surface area contributed by atoms with Crippen molar-refractivity contribution in [2.45, 2.75) is 12.1 Å². The van der Waals surface area contributed by atoms with E-state index in [-0.39, 0.29) is 55.2 Å². The first kappa shape index (κ1) is 18.6. The number of benzene rings is 1. The highest BCUT2D eigenvalue weighted by Crippen LogP contribution is 2.09. The van der Waals surface area contributed by atoms with Gasteiger partial charge < -0.3 is 0 Å². The number of nitriles is 6. The van der Waals surface area contributed by atoms with Crippen LogP contribution in [0.1, 0.15) is 11.4 Å². The minimum atomic E-state index is -1.17. The van der Waals surface area contributed by atoms with Gasteiger partial charge in [0, 0.05) is 0 Å². The van der Waals surface area contributed by atoms with Crippen molar-refractivity contribution in [3.8, 4) is 36.4 Å². The van der Waals surface area contributed by atoms with Gasteiger partial charge in [-0.1, -0.05) is 0 Å². The van der Waals surface area contributed by atoms with Crippen LogP contribution in [-0.4, -0.2) is 22.1 Å². The van der Waals surface area contributed by atoms with Crippen molar-refractivity contribution >= 4 is 11.0 Å². The van der Waals surface area contributed by atoms with Gasteiger partial charge in [0.1, 0.15) is 56.7 Å². The third-order valence-electron chi connectivity index (χ3n) is 4.22. The Morgan fingerprint density at radius 3 is 1.55 bits per heavy atom. The molecule has 4 rings (SSSR count). The third kappa shape index (κ3) is 2.73. The van der Waals surface area contributed by atoms with Crippen molar-refractivity contribution in [3.05, 3.63) is 49.9 Å². The van der Waals surface area contributed by atoms with E-state index in [2.05, 4.69) is 35.7 Å². The summed E-state index contributed by atoms with van der Waals surface area (Å²) in [7, 11) is 0. The van der Waals surface area contributed by atoms with Crippen molar-refractivity contribution < 1.29 is 0 Å². The summed E-state index contributed by atoms with van der Waals surface area (Å²) in [5, 5.41) is 56.0. The van der Waals surface area contributed by atoms with Crippen LogP contribution >= 0.6 is 0 Å². The van der Waals surface area contributed by atoms with Crippen molar-refractivity contribution in [2.24, 2.45) is 20.0 Å². The predicted molar refractivity (Wildman–Crippen MR) is 94.2 cm³/mol. The van der Waals surface area contributed by atoms with E-state index in [1.165, 1.54) is 0 Å². The molecule has 2 aliphatic rings. The number of rotatable bonds is 0. The molecular formula is C19H2N12. The maximum atomic E-state index is 9.39. The van der Waals surface area contributed by atoms with Crippen molar-refractivity contribution in [1.29, 1.82) is 31.6 Å². The molecule has 0 radical (unpaired) electrons. The molecule has 2 aromatic rings. The van der Waals surface area contributed by atoms with Gasteiger partial charge in [0.2, 0.25) is 0 Å². The second kappa shape index (κ2) is 6.99. The quantitative estimate of drug-likeness (QED) is 0.454. The van der Waals surface area contributed by atoms with E-state index in [9.17, 15) is 31.6 Å². The van der Waals surface area contributed by atoms with E-state index in [0.717, 1.165) is 0 Å². The zero-order chi connectivity index (χ0) is 22.1. The van der Waals surface area contributed by atoms with Crippen LogP contribution in [0.4, 0.5) is 0 Å². The number of fused-ring (bicyclic) bond motifs is 6. The maximum Gasteiger partial charge on any atom is 0.186 e. The van der Waals surface area contributed by atoms with Crippen LogP contribution in [0.5, 0.6) is 0 Å². The molecule has 31 heavy (non-hydrogen) atoms. The van der Waals surface area contributed by atoms with Crippen molar-refractivity contribution in [1.82, 2.24) is 9.97 Å². The first-order valence-electron chi connectivity index (χ1n) is 8.25. The van der Waals surface area contributed by atoms with E-state index in [0.29, 0.717) is 0 Å². The summed E-state index contributed by atoms with van der Waals surface area (Å²) in [4.78, 5) is 25.1. The minimum Gasteiger partial charge on any atom is -0.259 e. The van der Waals surface area contributed by atoms with E-state index < -0.39 is 12.1 Å². The molecule has 1 aromatic carbocycles. The monoisotopic (exact) mass is 398 g/mol. The van der Waals surface area contributed by atoms with E-state index >= 15 is 0 Å². The maximum absolute atomic E-state index is 9.39. The highest BCUT2D eigenvalue weighted by atomic mass is 15.0. The van der Waals surface area contributed by atoms with Crippen LogP contribution in [-0.2, 0) is 0 Å². The van der Waals surface area contributed by atoms with Gasteiger partial charge >= 0.3 is 0 Å². The van der Waals surface area contributed by atoms with Crippen LogP contribution in [0.3, 0.4) is 0 Å². The number of aromatic nitrogens is 2. The van der Waals surface area contributed by atoms with Gasteiger partial charge in [-0.3, -0.25) is 9.98 Å². The molecule has 3 heterocycles. The van der Waals surface area contributed by atoms with Crippen molar-refractivity contribution in [3.63, 3.8) is 0 Å². The fraction of sp³-hybridized carbons (Fsp3) is 0.105. The normalized spacial score (nSPS) is 17.7. The first-order valence-corrected chi connectivity index (χ1v) is 8.25. The Morgan fingerprint density at radius 1 is 0.581 bits per heavy atom. The van der Waals surface area contributed by atoms with Crippen LogP contribution in [0, 0.1) is 68.0 Å². The molecule has 0 fully saturated rings. The summed E-state index contributed by atoms with van der Waals surface area (Å²) >= 11 is 0. The topological polar surface area (TPSA) is 218 Å². The lowest BCUT2D eigenvalue weighted by Crippen LogP contribution is -2.54. The summed E-state index contributed by atoms with van der Waals surface area (Å²) in [5.74, 6) is 0. The van der Waals surface area contributed by atoms with Crippen LogP contribution < -0.4 is 21.4 Å². The standard InChI is InChI=1S/C19H2N12/c20-2-8-1-9(3-21)27-15-14(26-8)16-18(30-12(6-24)10(4-22)28-16)19-17(15)29-11(5-23)13(7-25)31-19/h10,12H. The minimum absolute atomic E-state index is 0.000868. The summed E-state index contributed by atoms with van der Waals surface area (Å²) in [6.45, 7) is 0. The molecule has 0 N–H and O–H groups in total. The lowest BCUT2D eigenvalue weighted by molar-refractivity contribution is 0.667. The summed E-state index contributed by atoms with van der Waals surface area (Å²) in [6.07, 6.45) is 0.